The summed E-state index contributed by atoms with van der Waals surface area (Å²) in [4.78, 5) is 0. The van der Waals surface area contributed by atoms with E-state index in [1.54, 1.807) is 0 Å². The molecular formula is C15H29NS. The van der Waals surface area contributed by atoms with Crippen LogP contribution in [0.3, 0.4) is 0 Å². The molecule has 2 aliphatic rings. The van der Waals surface area contributed by atoms with Crippen molar-refractivity contribution in [3.8, 4) is 0 Å². The zero-order valence-corrected chi connectivity index (χ0v) is 12.2. The third-order valence-corrected chi connectivity index (χ3v) is 5.97. The molecule has 0 bridgehead atoms. The first kappa shape index (κ1) is 13.7. The molecule has 1 nitrogen and oxygen atoms in total. The van der Waals surface area contributed by atoms with E-state index in [4.69, 9.17) is 0 Å². The molecule has 17 heavy (non-hydrogen) atoms. The largest absolute Gasteiger partial charge is 0.313 e. The van der Waals surface area contributed by atoms with Gasteiger partial charge in [0.2, 0.25) is 0 Å². The Labute approximate surface area is 112 Å². The average molecular weight is 255 g/mol. The summed E-state index contributed by atoms with van der Waals surface area (Å²) in [5.74, 6) is 2.42. The van der Waals surface area contributed by atoms with E-state index in [2.05, 4.69) is 24.0 Å². The SMILES string of the molecule is CCC1CCCC(NCC2CCCCS2)CC1. The van der Waals surface area contributed by atoms with Gasteiger partial charge in [-0.2, -0.15) is 11.8 Å². The second-order valence-electron chi connectivity index (χ2n) is 5.88. The summed E-state index contributed by atoms with van der Waals surface area (Å²) in [6.07, 6.45) is 13.0. The third-order valence-electron chi connectivity index (χ3n) is 4.57. The fourth-order valence-corrected chi connectivity index (χ4v) is 4.51. The van der Waals surface area contributed by atoms with E-state index in [0.717, 1.165) is 17.2 Å². The van der Waals surface area contributed by atoms with Gasteiger partial charge in [0.05, 0.1) is 0 Å². The fraction of sp³-hybridized carbons (Fsp3) is 1.00. The Hall–Kier alpha value is 0.310. The average Bonchev–Trinajstić information content (AvgIpc) is 2.62. The lowest BCUT2D eigenvalue weighted by Crippen LogP contribution is -2.35. The fourth-order valence-electron chi connectivity index (χ4n) is 3.26. The lowest BCUT2D eigenvalue weighted by atomic mass is 9.98. The number of thioether (sulfide) groups is 1. The predicted octanol–water partition coefficient (Wildman–Crippen LogP) is 4.22. The van der Waals surface area contributed by atoms with Crippen LogP contribution in [0, 0.1) is 5.92 Å². The Morgan fingerprint density at radius 1 is 1.00 bits per heavy atom. The van der Waals surface area contributed by atoms with Crippen molar-refractivity contribution >= 4 is 11.8 Å². The van der Waals surface area contributed by atoms with Crippen LogP contribution in [0.5, 0.6) is 0 Å². The van der Waals surface area contributed by atoms with Crippen LogP contribution in [-0.2, 0) is 0 Å². The van der Waals surface area contributed by atoms with E-state index in [9.17, 15) is 0 Å². The Morgan fingerprint density at radius 2 is 1.94 bits per heavy atom. The molecule has 2 fully saturated rings. The van der Waals surface area contributed by atoms with Crippen molar-refractivity contribution in [2.24, 2.45) is 5.92 Å². The van der Waals surface area contributed by atoms with Gasteiger partial charge in [-0.15, -0.1) is 0 Å². The van der Waals surface area contributed by atoms with E-state index >= 15 is 0 Å². The Kier molecular flexibility index (Phi) is 6.21. The van der Waals surface area contributed by atoms with Crippen LogP contribution >= 0.6 is 11.8 Å². The molecule has 0 aromatic rings. The molecule has 100 valence electrons. The first-order valence-electron chi connectivity index (χ1n) is 7.73. The van der Waals surface area contributed by atoms with Crippen LogP contribution < -0.4 is 5.32 Å². The molecule has 3 unspecified atom stereocenters. The normalized spacial score (nSPS) is 35.5. The molecule has 0 radical (unpaired) electrons. The minimum Gasteiger partial charge on any atom is -0.313 e. The van der Waals surface area contributed by atoms with Crippen molar-refractivity contribution in [1.29, 1.82) is 0 Å². The third kappa shape index (κ3) is 4.82. The minimum atomic E-state index is 0.828. The zero-order valence-electron chi connectivity index (χ0n) is 11.4. The lowest BCUT2D eigenvalue weighted by Gasteiger charge is -2.24. The molecule has 0 aromatic carbocycles. The maximum atomic E-state index is 3.86. The van der Waals surface area contributed by atoms with Gasteiger partial charge in [0.15, 0.2) is 0 Å². The van der Waals surface area contributed by atoms with E-state index < -0.39 is 0 Å². The first-order valence-corrected chi connectivity index (χ1v) is 8.78. The zero-order chi connectivity index (χ0) is 11.9. The second kappa shape index (κ2) is 7.68. The maximum absolute atomic E-state index is 3.86. The number of hydrogen-bond acceptors (Lipinski definition) is 2. The molecule has 1 heterocycles. The molecule has 3 atom stereocenters. The van der Waals surface area contributed by atoms with Crippen molar-refractivity contribution in [2.75, 3.05) is 12.3 Å². The van der Waals surface area contributed by atoms with Gasteiger partial charge in [0.1, 0.15) is 0 Å². The highest BCUT2D eigenvalue weighted by Crippen LogP contribution is 2.27. The van der Waals surface area contributed by atoms with Gasteiger partial charge < -0.3 is 5.32 Å². The quantitative estimate of drug-likeness (QED) is 0.755. The summed E-state index contributed by atoms with van der Waals surface area (Å²) < 4.78 is 0. The monoisotopic (exact) mass is 255 g/mol. The van der Waals surface area contributed by atoms with Crippen LogP contribution in [0.2, 0.25) is 0 Å². The second-order valence-corrected chi connectivity index (χ2v) is 7.28. The van der Waals surface area contributed by atoms with Crippen molar-refractivity contribution in [3.63, 3.8) is 0 Å². The van der Waals surface area contributed by atoms with Gasteiger partial charge >= 0.3 is 0 Å². The summed E-state index contributed by atoms with van der Waals surface area (Å²) in [5.41, 5.74) is 0. The Morgan fingerprint density at radius 3 is 2.71 bits per heavy atom. The maximum Gasteiger partial charge on any atom is 0.0172 e. The van der Waals surface area contributed by atoms with Crippen molar-refractivity contribution in [1.82, 2.24) is 5.32 Å². The summed E-state index contributed by atoms with van der Waals surface area (Å²) in [6.45, 7) is 3.63. The van der Waals surface area contributed by atoms with Crippen molar-refractivity contribution in [2.45, 2.75) is 76.0 Å². The van der Waals surface area contributed by atoms with Gasteiger partial charge in [-0.1, -0.05) is 32.6 Å². The molecule has 1 aliphatic heterocycles. The molecule has 1 aliphatic carbocycles. The van der Waals surface area contributed by atoms with Gasteiger partial charge in [-0.3, -0.25) is 0 Å². The van der Waals surface area contributed by atoms with Crippen LogP contribution in [0.1, 0.15) is 64.7 Å². The first-order chi connectivity index (χ1) is 8.38. The van der Waals surface area contributed by atoms with Gasteiger partial charge in [0.25, 0.3) is 0 Å². The molecule has 0 spiro atoms. The molecule has 0 amide bonds. The minimum absolute atomic E-state index is 0.828. The molecule has 2 heteroatoms. The summed E-state index contributed by atoms with van der Waals surface area (Å²) in [6, 6.07) is 0.828. The van der Waals surface area contributed by atoms with E-state index in [1.807, 2.05) is 0 Å². The standard InChI is InChI=1S/C15H29NS/c1-2-13-6-5-7-14(10-9-13)16-12-15-8-3-4-11-17-15/h13-16H,2-12H2,1H3. The summed E-state index contributed by atoms with van der Waals surface area (Å²) >= 11 is 2.20. The smallest absolute Gasteiger partial charge is 0.0172 e. The lowest BCUT2D eigenvalue weighted by molar-refractivity contribution is 0.423. The van der Waals surface area contributed by atoms with Gasteiger partial charge in [-0.25, -0.2) is 0 Å². The molecular weight excluding hydrogens is 226 g/mol. The highest BCUT2D eigenvalue weighted by atomic mass is 32.2. The molecule has 2 rings (SSSR count). The summed E-state index contributed by atoms with van der Waals surface area (Å²) in [5, 5.41) is 4.77. The van der Waals surface area contributed by atoms with Crippen LogP contribution in [0.25, 0.3) is 0 Å². The van der Waals surface area contributed by atoms with Crippen LogP contribution in [-0.4, -0.2) is 23.6 Å². The highest BCUT2D eigenvalue weighted by molar-refractivity contribution is 7.99. The molecule has 1 N–H and O–H groups in total. The molecule has 1 saturated heterocycles. The van der Waals surface area contributed by atoms with Gasteiger partial charge in [0, 0.05) is 17.8 Å². The van der Waals surface area contributed by atoms with E-state index in [1.165, 1.54) is 70.1 Å². The number of hydrogen-bond donors (Lipinski definition) is 1. The highest BCUT2D eigenvalue weighted by Gasteiger charge is 2.19. The van der Waals surface area contributed by atoms with Crippen molar-refractivity contribution < 1.29 is 0 Å². The number of rotatable bonds is 4. The molecule has 0 aromatic heterocycles. The van der Waals surface area contributed by atoms with Crippen LogP contribution in [0.4, 0.5) is 0 Å². The predicted molar refractivity (Wildman–Crippen MR) is 78.8 cm³/mol. The van der Waals surface area contributed by atoms with Crippen molar-refractivity contribution in [3.05, 3.63) is 0 Å². The van der Waals surface area contributed by atoms with Crippen LogP contribution in [0.15, 0.2) is 0 Å². The Balaban J connectivity index is 1.64. The topological polar surface area (TPSA) is 12.0 Å². The summed E-state index contributed by atoms with van der Waals surface area (Å²) in [7, 11) is 0. The Bertz CT molecular complexity index is 201. The molecule has 1 saturated carbocycles. The van der Waals surface area contributed by atoms with Gasteiger partial charge in [-0.05, 0) is 43.8 Å². The van der Waals surface area contributed by atoms with E-state index in [-0.39, 0.29) is 0 Å². The van der Waals surface area contributed by atoms with E-state index in [0.29, 0.717) is 0 Å². The number of nitrogens with one attached hydrogen (secondary N) is 1.